The van der Waals surface area contributed by atoms with Gasteiger partial charge in [-0.1, -0.05) is 11.6 Å². The first-order valence-corrected chi connectivity index (χ1v) is 7.72. The fourth-order valence-electron chi connectivity index (χ4n) is 2.00. The van der Waals surface area contributed by atoms with Gasteiger partial charge in [0, 0.05) is 23.5 Å². The van der Waals surface area contributed by atoms with Gasteiger partial charge in [0.15, 0.2) is 4.96 Å². The zero-order valence-electron chi connectivity index (χ0n) is 11.5. The lowest BCUT2D eigenvalue weighted by molar-refractivity contribution is -0.115. The van der Waals surface area contributed by atoms with Crippen molar-refractivity contribution in [3.63, 3.8) is 0 Å². The van der Waals surface area contributed by atoms with Gasteiger partial charge in [0.1, 0.15) is 5.75 Å². The van der Waals surface area contributed by atoms with Crippen LogP contribution < -0.4 is 10.1 Å². The molecule has 0 bridgehead atoms. The van der Waals surface area contributed by atoms with Crippen LogP contribution in [0.25, 0.3) is 4.96 Å². The number of amides is 1. The van der Waals surface area contributed by atoms with E-state index in [0.717, 1.165) is 4.96 Å². The molecule has 9 heteroatoms. The third kappa shape index (κ3) is 3.77. The largest absolute Gasteiger partial charge is 0.433 e. The molecule has 1 N–H and O–H groups in total. The zero-order valence-corrected chi connectivity index (χ0v) is 13.1. The van der Waals surface area contributed by atoms with Crippen molar-refractivity contribution in [1.82, 2.24) is 9.38 Å². The van der Waals surface area contributed by atoms with E-state index >= 15 is 0 Å². The van der Waals surface area contributed by atoms with Crippen molar-refractivity contribution >= 4 is 39.5 Å². The van der Waals surface area contributed by atoms with Crippen molar-refractivity contribution in [3.8, 4) is 5.75 Å². The van der Waals surface area contributed by atoms with E-state index in [4.69, 9.17) is 11.6 Å². The molecule has 0 spiro atoms. The number of carbonyl (C=O) groups excluding carboxylic acids is 1. The number of thiazole rings is 1. The van der Waals surface area contributed by atoms with Crippen LogP contribution in [0.15, 0.2) is 36.0 Å². The topological polar surface area (TPSA) is 55.6 Å². The quantitative estimate of drug-likeness (QED) is 0.755. The Morgan fingerprint density at radius 3 is 3.00 bits per heavy atom. The molecular formula is C14H10ClF2N3O2S. The fourth-order valence-corrected chi connectivity index (χ4v) is 2.95. The Hall–Kier alpha value is -2.19. The molecule has 0 aliphatic heterocycles. The Bertz CT molecular complexity index is 821. The number of anilines is 1. The summed E-state index contributed by atoms with van der Waals surface area (Å²) in [6, 6.07) is 4.06. The number of hydrogen-bond acceptors (Lipinski definition) is 4. The number of imidazole rings is 1. The van der Waals surface area contributed by atoms with E-state index < -0.39 is 6.61 Å². The van der Waals surface area contributed by atoms with E-state index in [1.165, 1.54) is 29.5 Å². The van der Waals surface area contributed by atoms with Crippen LogP contribution >= 0.6 is 22.9 Å². The van der Waals surface area contributed by atoms with Crippen molar-refractivity contribution in [2.24, 2.45) is 0 Å². The molecule has 0 atom stereocenters. The second kappa shape index (κ2) is 6.51. The lowest BCUT2D eigenvalue weighted by atomic mass is 10.2. The highest BCUT2D eigenvalue weighted by Crippen LogP contribution is 2.29. The number of alkyl halides is 2. The van der Waals surface area contributed by atoms with Crippen LogP contribution in [0.2, 0.25) is 5.02 Å². The minimum atomic E-state index is -2.96. The van der Waals surface area contributed by atoms with Gasteiger partial charge in [-0.25, -0.2) is 4.98 Å². The molecule has 0 aliphatic carbocycles. The summed E-state index contributed by atoms with van der Waals surface area (Å²) in [4.78, 5) is 17.1. The van der Waals surface area contributed by atoms with Gasteiger partial charge in [-0.3, -0.25) is 9.20 Å². The standard InChI is InChI=1S/C14H10ClF2N3O2S/c15-10-5-8(1-2-11(10)22-13(16)17)18-12(21)6-9-7-20-3-4-23-14(20)19-9/h1-5,7,13H,6H2,(H,18,21). The second-order valence-corrected chi connectivity index (χ2v) is 5.85. The predicted octanol–water partition coefficient (Wildman–Crippen LogP) is 3.83. The molecule has 3 aromatic rings. The summed E-state index contributed by atoms with van der Waals surface area (Å²) in [7, 11) is 0. The van der Waals surface area contributed by atoms with Crippen molar-refractivity contribution in [1.29, 1.82) is 0 Å². The molecule has 120 valence electrons. The number of ether oxygens (including phenoxy) is 1. The summed E-state index contributed by atoms with van der Waals surface area (Å²) >= 11 is 7.31. The Balaban J connectivity index is 1.65. The van der Waals surface area contributed by atoms with Crippen LogP contribution in [-0.2, 0) is 11.2 Å². The predicted molar refractivity (Wildman–Crippen MR) is 83.5 cm³/mol. The van der Waals surface area contributed by atoms with E-state index in [-0.39, 0.29) is 23.1 Å². The molecule has 0 unspecified atom stereocenters. The van der Waals surface area contributed by atoms with E-state index in [9.17, 15) is 13.6 Å². The third-order valence-electron chi connectivity index (χ3n) is 2.92. The molecule has 0 saturated heterocycles. The fraction of sp³-hybridized carbons (Fsp3) is 0.143. The maximum atomic E-state index is 12.2. The first-order valence-electron chi connectivity index (χ1n) is 6.46. The van der Waals surface area contributed by atoms with E-state index in [1.807, 2.05) is 16.0 Å². The Labute approximate surface area is 138 Å². The number of halogens is 3. The van der Waals surface area contributed by atoms with Gasteiger partial charge in [0.05, 0.1) is 17.1 Å². The van der Waals surface area contributed by atoms with E-state index in [2.05, 4.69) is 15.0 Å². The number of aromatic nitrogens is 2. The maximum absolute atomic E-state index is 12.2. The third-order valence-corrected chi connectivity index (χ3v) is 3.98. The number of rotatable bonds is 5. The van der Waals surface area contributed by atoms with Gasteiger partial charge >= 0.3 is 6.61 Å². The summed E-state index contributed by atoms with van der Waals surface area (Å²) < 4.78 is 30.4. The number of nitrogens with zero attached hydrogens (tertiary/aromatic N) is 2. The Morgan fingerprint density at radius 1 is 1.48 bits per heavy atom. The summed E-state index contributed by atoms with van der Waals surface area (Å²) in [6.07, 6.45) is 3.73. The number of hydrogen-bond donors (Lipinski definition) is 1. The van der Waals surface area contributed by atoms with Gasteiger partial charge in [-0.15, -0.1) is 11.3 Å². The molecule has 2 aromatic heterocycles. The van der Waals surface area contributed by atoms with Crippen LogP contribution in [-0.4, -0.2) is 21.9 Å². The molecule has 1 aromatic carbocycles. The summed E-state index contributed by atoms with van der Waals surface area (Å²) in [5, 5.41) is 4.53. The highest BCUT2D eigenvalue weighted by molar-refractivity contribution is 7.15. The van der Waals surface area contributed by atoms with Crippen molar-refractivity contribution < 1.29 is 18.3 Å². The average molecular weight is 358 g/mol. The molecular weight excluding hydrogens is 348 g/mol. The van der Waals surface area contributed by atoms with Gasteiger partial charge < -0.3 is 10.1 Å². The normalized spacial score (nSPS) is 11.1. The van der Waals surface area contributed by atoms with Crippen molar-refractivity contribution in [3.05, 3.63) is 46.7 Å². The second-order valence-electron chi connectivity index (χ2n) is 4.57. The summed E-state index contributed by atoms with van der Waals surface area (Å²) in [5.41, 5.74) is 1.03. The first kappa shape index (κ1) is 15.7. The lowest BCUT2D eigenvalue weighted by Crippen LogP contribution is -2.14. The van der Waals surface area contributed by atoms with Gasteiger partial charge in [-0.2, -0.15) is 8.78 Å². The van der Waals surface area contributed by atoms with E-state index in [1.54, 1.807) is 6.20 Å². The minimum Gasteiger partial charge on any atom is -0.433 e. The van der Waals surface area contributed by atoms with E-state index in [0.29, 0.717) is 11.4 Å². The summed E-state index contributed by atoms with van der Waals surface area (Å²) in [5.74, 6) is -0.427. The number of fused-ring (bicyclic) bond motifs is 1. The molecule has 3 rings (SSSR count). The smallest absolute Gasteiger partial charge is 0.387 e. The van der Waals surface area contributed by atoms with Gasteiger partial charge in [0.25, 0.3) is 0 Å². The highest BCUT2D eigenvalue weighted by atomic mass is 35.5. The Kier molecular flexibility index (Phi) is 4.44. The first-order chi connectivity index (χ1) is 11.0. The van der Waals surface area contributed by atoms with Gasteiger partial charge in [0.2, 0.25) is 5.91 Å². The lowest BCUT2D eigenvalue weighted by Gasteiger charge is -2.09. The Morgan fingerprint density at radius 2 is 2.30 bits per heavy atom. The molecule has 2 heterocycles. The molecule has 23 heavy (non-hydrogen) atoms. The van der Waals surface area contributed by atoms with Crippen LogP contribution in [0.4, 0.5) is 14.5 Å². The van der Waals surface area contributed by atoms with Gasteiger partial charge in [-0.05, 0) is 18.2 Å². The monoisotopic (exact) mass is 357 g/mol. The van der Waals surface area contributed by atoms with Crippen molar-refractivity contribution in [2.45, 2.75) is 13.0 Å². The minimum absolute atomic E-state index is 0.00870. The number of carbonyl (C=O) groups is 1. The molecule has 1 amide bonds. The maximum Gasteiger partial charge on any atom is 0.387 e. The van der Waals surface area contributed by atoms with Crippen LogP contribution in [0.1, 0.15) is 5.69 Å². The number of benzene rings is 1. The van der Waals surface area contributed by atoms with Crippen LogP contribution in [0, 0.1) is 0 Å². The molecule has 5 nitrogen and oxygen atoms in total. The van der Waals surface area contributed by atoms with Crippen LogP contribution in [0.5, 0.6) is 5.75 Å². The van der Waals surface area contributed by atoms with Crippen molar-refractivity contribution in [2.75, 3.05) is 5.32 Å². The summed E-state index contributed by atoms with van der Waals surface area (Å²) in [6.45, 7) is -2.96. The average Bonchev–Trinajstić information content (AvgIpc) is 3.02. The molecule has 0 aliphatic rings. The zero-order chi connectivity index (χ0) is 16.4. The molecule has 0 saturated carbocycles. The van der Waals surface area contributed by atoms with Crippen LogP contribution in [0.3, 0.4) is 0 Å². The molecule has 0 radical (unpaired) electrons. The molecule has 0 fully saturated rings. The SMILES string of the molecule is O=C(Cc1cn2ccsc2n1)Nc1ccc(OC(F)F)c(Cl)c1. The number of nitrogens with one attached hydrogen (secondary N) is 1. The highest BCUT2D eigenvalue weighted by Gasteiger charge is 2.12.